The van der Waals surface area contributed by atoms with Crippen molar-refractivity contribution < 1.29 is 5.11 Å². The van der Waals surface area contributed by atoms with Crippen LogP contribution in [0.1, 0.15) is 18.5 Å². The van der Waals surface area contributed by atoms with Crippen molar-refractivity contribution in [3.63, 3.8) is 0 Å². The molecular weight excluding hydrogens is 326 g/mol. The van der Waals surface area contributed by atoms with Crippen molar-refractivity contribution in [2.45, 2.75) is 13.0 Å². The van der Waals surface area contributed by atoms with Gasteiger partial charge in [-0.25, -0.2) is 0 Å². The molecule has 0 fully saturated rings. The lowest BCUT2D eigenvalue weighted by Crippen LogP contribution is -2.06. The summed E-state index contributed by atoms with van der Waals surface area (Å²) in [4.78, 5) is 0. The number of rotatable bonds is 3. The topological polar surface area (TPSA) is 32.3 Å². The van der Waals surface area contributed by atoms with Gasteiger partial charge in [0.15, 0.2) is 0 Å². The van der Waals surface area contributed by atoms with Crippen LogP contribution < -0.4 is 5.32 Å². The van der Waals surface area contributed by atoms with Crippen LogP contribution in [0.2, 0.25) is 0 Å². The fraction of sp³-hybridized carbons (Fsp3) is 0.111. The molecule has 1 unspecified atom stereocenters. The summed E-state index contributed by atoms with van der Waals surface area (Å²) in [7, 11) is 0. The molecule has 0 aliphatic rings. The van der Waals surface area contributed by atoms with E-state index in [-0.39, 0.29) is 6.04 Å². The average Bonchev–Trinajstić information content (AvgIpc) is 2.50. The number of aromatic hydroxyl groups is 1. The standard InChI is InChI=1S/C18H16BrNO/c1-12(20-15-9-7-14(19)8-10-15)16-11-6-13-4-2-3-5-17(13)18(16)21/h2-12,20-21H,1H3. The summed E-state index contributed by atoms with van der Waals surface area (Å²) in [6, 6.07) is 19.9. The Balaban J connectivity index is 1.92. The Kier molecular flexibility index (Phi) is 3.84. The molecule has 0 amide bonds. The fourth-order valence-corrected chi connectivity index (χ4v) is 2.76. The lowest BCUT2D eigenvalue weighted by Gasteiger charge is -2.18. The van der Waals surface area contributed by atoms with Gasteiger partial charge in [0.1, 0.15) is 5.75 Å². The van der Waals surface area contributed by atoms with Crippen molar-refractivity contribution in [1.82, 2.24) is 0 Å². The van der Waals surface area contributed by atoms with E-state index in [0.29, 0.717) is 5.75 Å². The van der Waals surface area contributed by atoms with E-state index >= 15 is 0 Å². The van der Waals surface area contributed by atoms with Gasteiger partial charge in [-0.3, -0.25) is 0 Å². The van der Waals surface area contributed by atoms with Crippen LogP contribution in [0.3, 0.4) is 0 Å². The summed E-state index contributed by atoms with van der Waals surface area (Å²) < 4.78 is 1.05. The maximum absolute atomic E-state index is 10.5. The van der Waals surface area contributed by atoms with Gasteiger partial charge in [0, 0.05) is 21.1 Å². The molecule has 1 atom stereocenters. The van der Waals surface area contributed by atoms with Crippen LogP contribution in [-0.4, -0.2) is 5.11 Å². The maximum atomic E-state index is 10.5. The van der Waals surface area contributed by atoms with E-state index in [2.05, 4.69) is 21.2 Å². The van der Waals surface area contributed by atoms with Gasteiger partial charge in [-0.1, -0.05) is 52.3 Å². The second kappa shape index (κ2) is 5.78. The third kappa shape index (κ3) is 2.88. The molecule has 0 aliphatic carbocycles. The van der Waals surface area contributed by atoms with E-state index in [4.69, 9.17) is 0 Å². The number of fused-ring (bicyclic) bond motifs is 1. The summed E-state index contributed by atoms with van der Waals surface area (Å²) in [5, 5.41) is 15.8. The Morgan fingerprint density at radius 2 is 1.67 bits per heavy atom. The Bertz CT molecular complexity index is 768. The highest BCUT2D eigenvalue weighted by molar-refractivity contribution is 9.10. The minimum Gasteiger partial charge on any atom is -0.507 e. The highest BCUT2D eigenvalue weighted by Gasteiger charge is 2.12. The molecule has 3 rings (SSSR count). The summed E-state index contributed by atoms with van der Waals surface area (Å²) in [6.45, 7) is 2.05. The Morgan fingerprint density at radius 1 is 0.952 bits per heavy atom. The molecule has 0 aliphatic heterocycles. The second-order valence-corrected chi connectivity index (χ2v) is 6.01. The smallest absolute Gasteiger partial charge is 0.128 e. The van der Waals surface area contributed by atoms with Crippen LogP contribution >= 0.6 is 15.9 Å². The third-order valence-electron chi connectivity index (χ3n) is 3.63. The summed E-state index contributed by atoms with van der Waals surface area (Å²) in [5.41, 5.74) is 1.93. The first kappa shape index (κ1) is 14.0. The minimum absolute atomic E-state index is 0.0239. The fourth-order valence-electron chi connectivity index (χ4n) is 2.50. The number of anilines is 1. The Hall–Kier alpha value is -2.00. The van der Waals surface area contributed by atoms with Crippen molar-refractivity contribution in [3.05, 3.63) is 70.7 Å². The molecule has 0 saturated carbocycles. The SMILES string of the molecule is CC(Nc1ccc(Br)cc1)c1ccc2ccccc2c1O. The molecule has 106 valence electrons. The van der Waals surface area contributed by atoms with Crippen molar-refractivity contribution in [2.24, 2.45) is 0 Å². The lowest BCUT2D eigenvalue weighted by atomic mass is 10.0. The van der Waals surface area contributed by atoms with Crippen LogP contribution in [0.15, 0.2) is 65.1 Å². The Labute approximate surface area is 132 Å². The number of halogens is 1. The van der Waals surface area contributed by atoms with E-state index in [0.717, 1.165) is 26.5 Å². The summed E-state index contributed by atoms with van der Waals surface area (Å²) in [6.07, 6.45) is 0. The van der Waals surface area contributed by atoms with Gasteiger partial charge in [-0.2, -0.15) is 0 Å². The number of hydrogen-bond acceptors (Lipinski definition) is 2. The van der Waals surface area contributed by atoms with Crippen molar-refractivity contribution in [2.75, 3.05) is 5.32 Å². The predicted octanol–water partition coefficient (Wildman–Crippen LogP) is 5.48. The number of nitrogens with one attached hydrogen (secondary N) is 1. The minimum atomic E-state index is 0.0239. The van der Waals surface area contributed by atoms with Gasteiger partial charge in [0.2, 0.25) is 0 Å². The highest BCUT2D eigenvalue weighted by Crippen LogP contribution is 2.33. The summed E-state index contributed by atoms with van der Waals surface area (Å²) in [5.74, 6) is 0.352. The largest absolute Gasteiger partial charge is 0.507 e. The van der Waals surface area contributed by atoms with Crippen LogP contribution in [0.5, 0.6) is 5.75 Å². The lowest BCUT2D eigenvalue weighted by molar-refractivity contribution is 0.472. The zero-order valence-corrected chi connectivity index (χ0v) is 13.3. The normalized spacial score (nSPS) is 12.3. The zero-order chi connectivity index (χ0) is 14.8. The van der Waals surface area contributed by atoms with Gasteiger partial charge in [-0.15, -0.1) is 0 Å². The molecule has 21 heavy (non-hydrogen) atoms. The van der Waals surface area contributed by atoms with Crippen molar-refractivity contribution >= 4 is 32.4 Å². The van der Waals surface area contributed by atoms with Crippen LogP contribution in [0, 0.1) is 0 Å². The molecule has 2 nitrogen and oxygen atoms in total. The highest BCUT2D eigenvalue weighted by atomic mass is 79.9. The van der Waals surface area contributed by atoms with Crippen LogP contribution in [-0.2, 0) is 0 Å². The monoisotopic (exact) mass is 341 g/mol. The number of hydrogen-bond donors (Lipinski definition) is 2. The molecule has 0 aromatic heterocycles. The third-order valence-corrected chi connectivity index (χ3v) is 4.15. The molecule has 0 saturated heterocycles. The number of benzene rings is 3. The zero-order valence-electron chi connectivity index (χ0n) is 11.7. The molecule has 2 N–H and O–H groups in total. The molecule has 0 radical (unpaired) electrons. The van der Waals surface area contributed by atoms with Gasteiger partial charge in [0.05, 0.1) is 6.04 Å². The van der Waals surface area contributed by atoms with Crippen molar-refractivity contribution in [3.8, 4) is 5.75 Å². The first-order valence-corrected chi connectivity index (χ1v) is 7.67. The van der Waals surface area contributed by atoms with E-state index in [1.165, 1.54) is 0 Å². The van der Waals surface area contributed by atoms with Gasteiger partial charge in [-0.05, 0) is 36.6 Å². The second-order valence-electron chi connectivity index (χ2n) is 5.10. The van der Waals surface area contributed by atoms with Crippen LogP contribution in [0.4, 0.5) is 5.69 Å². The molecule has 0 spiro atoms. The quantitative estimate of drug-likeness (QED) is 0.660. The van der Waals surface area contributed by atoms with Gasteiger partial charge < -0.3 is 10.4 Å². The molecule has 0 heterocycles. The maximum Gasteiger partial charge on any atom is 0.128 e. The molecule has 3 aromatic rings. The van der Waals surface area contributed by atoms with Crippen LogP contribution in [0.25, 0.3) is 10.8 Å². The van der Waals surface area contributed by atoms with Gasteiger partial charge >= 0.3 is 0 Å². The van der Waals surface area contributed by atoms with Gasteiger partial charge in [0.25, 0.3) is 0 Å². The number of phenols is 1. The predicted molar refractivity (Wildman–Crippen MR) is 91.8 cm³/mol. The molecule has 3 heteroatoms. The van der Waals surface area contributed by atoms with E-state index in [9.17, 15) is 5.11 Å². The molecule has 3 aromatic carbocycles. The number of phenolic OH excluding ortho intramolecular Hbond substituents is 1. The van der Waals surface area contributed by atoms with E-state index in [1.807, 2.05) is 67.6 Å². The van der Waals surface area contributed by atoms with E-state index in [1.54, 1.807) is 0 Å². The van der Waals surface area contributed by atoms with Crippen molar-refractivity contribution in [1.29, 1.82) is 0 Å². The molecule has 0 bridgehead atoms. The first-order chi connectivity index (χ1) is 10.1. The van der Waals surface area contributed by atoms with E-state index < -0.39 is 0 Å². The first-order valence-electron chi connectivity index (χ1n) is 6.88. The Morgan fingerprint density at radius 3 is 2.43 bits per heavy atom. The molecular formula is C18H16BrNO. The average molecular weight is 342 g/mol. The summed E-state index contributed by atoms with van der Waals surface area (Å²) >= 11 is 3.43.